The molecular weight excluding hydrogens is 257 g/mol. The van der Waals surface area contributed by atoms with Crippen molar-refractivity contribution in [3.63, 3.8) is 0 Å². The van der Waals surface area contributed by atoms with Crippen LogP contribution in [0.15, 0.2) is 6.20 Å². The number of aryl methyl sites for hydroxylation is 1. The van der Waals surface area contributed by atoms with E-state index < -0.39 is 12.1 Å². The lowest BCUT2D eigenvalue weighted by Gasteiger charge is -2.16. The monoisotopic (exact) mass is 264 g/mol. The van der Waals surface area contributed by atoms with Gasteiger partial charge in [0.2, 0.25) is 0 Å². The van der Waals surface area contributed by atoms with Crippen molar-refractivity contribution >= 4 is 11.6 Å². The smallest absolute Gasteiger partial charge is 0.405 e. The Morgan fingerprint density at radius 2 is 2.18 bits per heavy atom. The van der Waals surface area contributed by atoms with Crippen molar-refractivity contribution in [2.24, 2.45) is 0 Å². The molecule has 0 atom stereocenters. The van der Waals surface area contributed by atoms with Gasteiger partial charge in [0.15, 0.2) is 0 Å². The topological polar surface area (TPSA) is 45.9 Å². The SMILES string of the molecule is Cc1ncc(CC#N)c(OC(F)(F)F)c1CCl. The van der Waals surface area contributed by atoms with Crippen LogP contribution in [-0.4, -0.2) is 11.3 Å². The summed E-state index contributed by atoms with van der Waals surface area (Å²) >= 11 is 5.57. The quantitative estimate of drug-likeness (QED) is 0.788. The first kappa shape index (κ1) is 13.6. The van der Waals surface area contributed by atoms with Crippen molar-refractivity contribution in [2.45, 2.75) is 25.6 Å². The molecule has 7 heteroatoms. The third-order valence-electron chi connectivity index (χ3n) is 2.04. The maximum absolute atomic E-state index is 12.2. The van der Waals surface area contributed by atoms with Gasteiger partial charge in [0.25, 0.3) is 0 Å². The van der Waals surface area contributed by atoms with Gasteiger partial charge in [-0.1, -0.05) is 0 Å². The fraction of sp³-hybridized carbons (Fsp3) is 0.400. The number of rotatable bonds is 3. The van der Waals surface area contributed by atoms with Gasteiger partial charge in [-0.25, -0.2) is 0 Å². The molecule has 0 unspecified atom stereocenters. The summed E-state index contributed by atoms with van der Waals surface area (Å²) in [7, 11) is 0. The zero-order valence-corrected chi connectivity index (χ0v) is 9.56. The van der Waals surface area contributed by atoms with Gasteiger partial charge in [-0.05, 0) is 6.92 Å². The Labute approximate surface area is 101 Å². The molecule has 0 bridgehead atoms. The molecule has 92 valence electrons. The van der Waals surface area contributed by atoms with Gasteiger partial charge in [0, 0.05) is 23.0 Å². The number of nitriles is 1. The molecule has 17 heavy (non-hydrogen) atoms. The number of hydrogen-bond acceptors (Lipinski definition) is 3. The summed E-state index contributed by atoms with van der Waals surface area (Å²) in [6, 6.07) is 1.75. The first-order chi connectivity index (χ1) is 7.89. The molecule has 0 fully saturated rings. The Morgan fingerprint density at radius 1 is 1.53 bits per heavy atom. The van der Waals surface area contributed by atoms with E-state index in [1.54, 1.807) is 6.07 Å². The summed E-state index contributed by atoms with van der Waals surface area (Å²) in [4.78, 5) is 3.88. The third-order valence-corrected chi connectivity index (χ3v) is 2.30. The molecule has 3 nitrogen and oxygen atoms in total. The molecule has 0 aromatic carbocycles. The maximum Gasteiger partial charge on any atom is 0.573 e. The highest BCUT2D eigenvalue weighted by atomic mass is 35.5. The second-order valence-electron chi connectivity index (χ2n) is 3.19. The number of nitrogens with zero attached hydrogens (tertiary/aromatic N) is 2. The molecule has 1 heterocycles. The number of hydrogen-bond donors (Lipinski definition) is 0. The van der Waals surface area contributed by atoms with E-state index >= 15 is 0 Å². The van der Waals surface area contributed by atoms with Crippen LogP contribution in [0.25, 0.3) is 0 Å². The highest BCUT2D eigenvalue weighted by molar-refractivity contribution is 6.17. The lowest BCUT2D eigenvalue weighted by molar-refractivity contribution is -0.275. The van der Waals surface area contributed by atoms with Crippen LogP contribution in [0.2, 0.25) is 0 Å². The Kier molecular flexibility index (Phi) is 4.18. The molecular formula is C10H8ClF3N2O. The van der Waals surface area contributed by atoms with Crippen molar-refractivity contribution < 1.29 is 17.9 Å². The summed E-state index contributed by atoms with van der Waals surface area (Å²) in [5.41, 5.74) is 0.573. The van der Waals surface area contributed by atoms with Crippen LogP contribution in [-0.2, 0) is 12.3 Å². The standard InChI is InChI=1S/C10H8ClF3N2O/c1-6-8(4-11)9(17-10(12,13)14)7(2-3-15)5-16-6/h5H,2,4H2,1H3. The zero-order valence-electron chi connectivity index (χ0n) is 8.81. The average molecular weight is 265 g/mol. The van der Waals surface area contributed by atoms with Gasteiger partial charge in [-0.2, -0.15) is 5.26 Å². The molecule has 1 aromatic heterocycles. The van der Waals surface area contributed by atoms with E-state index in [0.29, 0.717) is 5.69 Å². The predicted molar refractivity (Wildman–Crippen MR) is 54.5 cm³/mol. The van der Waals surface area contributed by atoms with E-state index in [1.165, 1.54) is 13.1 Å². The van der Waals surface area contributed by atoms with Crippen LogP contribution in [0.4, 0.5) is 13.2 Å². The Morgan fingerprint density at radius 3 is 2.65 bits per heavy atom. The Bertz CT molecular complexity index is 454. The molecule has 0 saturated heterocycles. The minimum Gasteiger partial charge on any atom is -0.405 e. The van der Waals surface area contributed by atoms with Crippen molar-refractivity contribution in [2.75, 3.05) is 0 Å². The lowest BCUT2D eigenvalue weighted by Crippen LogP contribution is -2.19. The summed E-state index contributed by atoms with van der Waals surface area (Å²) in [6.07, 6.45) is -3.85. The molecule has 0 N–H and O–H groups in total. The zero-order chi connectivity index (χ0) is 13.1. The van der Waals surface area contributed by atoms with E-state index in [2.05, 4.69) is 9.72 Å². The Hall–Kier alpha value is -1.48. The number of halogens is 4. The van der Waals surface area contributed by atoms with Gasteiger partial charge in [0.05, 0.1) is 18.4 Å². The highest BCUT2D eigenvalue weighted by Gasteiger charge is 2.33. The molecule has 0 saturated carbocycles. The van der Waals surface area contributed by atoms with Crippen molar-refractivity contribution in [1.82, 2.24) is 4.98 Å². The van der Waals surface area contributed by atoms with Gasteiger partial charge in [-0.3, -0.25) is 4.98 Å². The van der Waals surface area contributed by atoms with Crippen LogP contribution < -0.4 is 4.74 Å². The summed E-state index contributed by atoms with van der Waals surface area (Å²) in [6.45, 7) is 1.52. The van der Waals surface area contributed by atoms with Gasteiger partial charge >= 0.3 is 6.36 Å². The largest absolute Gasteiger partial charge is 0.573 e. The minimum absolute atomic E-state index is 0.0751. The predicted octanol–water partition coefficient (Wildman–Crippen LogP) is 3.09. The summed E-state index contributed by atoms with van der Waals surface area (Å²) in [5, 5.41) is 8.53. The van der Waals surface area contributed by atoms with Crippen LogP contribution >= 0.6 is 11.6 Å². The number of alkyl halides is 4. The Balaban J connectivity index is 3.29. The van der Waals surface area contributed by atoms with Crippen LogP contribution in [0, 0.1) is 18.3 Å². The van der Waals surface area contributed by atoms with Gasteiger partial charge < -0.3 is 4.74 Å². The number of aromatic nitrogens is 1. The van der Waals surface area contributed by atoms with Crippen molar-refractivity contribution in [3.8, 4) is 11.8 Å². The fourth-order valence-corrected chi connectivity index (χ4v) is 1.60. The fourth-order valence-electron chi connectivity index (χ4n) is 1.28. The molecule has 0 aliphatic carbocycles. The van der Waals surface area contributed by atoms with Crippen molar-refractivity contribution in [3.05, 3.63) is 23.0 Å². The van der Waals surface area contributed by atoms with E-state index in [0.717, 1.165) is 0 Å². The summed E-state index contributed by atoms with van der Waals surface area (Å²) in [5.74, 6) is -0.578. The molecule has 0 aliphatic rings. The lowest BCUT2D eigenvalue weighted by atomic mass is 10.1. The van der Waals surface area contributed by atoms with E-state index in [4.69, 9.17) is 16.9 Å². The van der Waals surface area contributed by atoms with E-state index in [-0.39, 0.29) is 23.4 Å². The van der Waals surface area contributed by atoms with Crippen LogP contribution in [0.5, 0.6) is 5.75 Å². The molecule has 1 aromatic rings. The number of ether oxygens (including phenoxy) is 1. The summed E-state index contributed by atoms with van der Waals surface area (Å²) < 4.78 is 40.6. The number of pyridine rings is 1. The van der Waals surface area contributed by atoms with Gasteiger partial charge in [0.1, 0.15) is 5.75 Å². The minimum atomic E-state index is -4.82. The molecule has 0 spiro atoms. The third kappa shape index (κ3) is 3.49. The first-order valence-corrected chi connectivity index (χ1v) is 5.08. The van der Waals surface area contributed by atoms with E-state index in [9.17, 15) is 13.2 Å². The molecule has 0 amide bonds. The highest BCUT2D eigenvalue weighted by Crippen LogP contribution is 2.32. The van der Waals surface area contributed by atoms with E-state index in [1.807, 2.05) is 0 Å². The normalized spacial score (nSPS) is 11.1. The first-order valence-electron chi connectivity index (χ1n) is 4.55. The molecule has 0 radical (unpaired) electrons. The molecule has 1 rings (SSSR count). The maximum atomic E-state index is 12.2. The second-order valence-corrected chi connectivity index (χ2v) is 3.46. The van der Waals surface area contributed by atoms with Crippen LogP contribution in [0.1, 0.15) is 16.8 Å². The van der Waals surface area contributed by atoms with Crippen molar-refractivity contribution in [1.29, 1.82) is 5.26 Å². The second kappa shape index (κ2) is 5.23. The van der Waals surface area contributed by atoms with Crippen LogP contribution in [0.3, 0.4) is 0 Å². The molecule has 0 aliphatic heterocycles. The average Bonchev–Trinajstić information content (AvgIpc) is 2.21. The van der Waals surface area contributed by atoms with Gasteiger partial charge in [-0.15, -0.1) is 24.8 Å².